The number of aryl methyl sites for hydroxylation is 1. The summed E-state index contributed by atoms with van der Waals surface area (Å²) in [6.07, 6.45) is 0.121. The predicted octanol–water partition coefficient (Wildman–Crippen LogP) is 0.719. The van der Waals surface area contributed by atoms with Crippen molar-refractivity contribution in [2.24, 2.45) is 0 Å². The van der Waals surface area contributed by atoms with Crippen LogP contribution in [0.1, 0.15) is 12.0 Å². The van der Waals surface area contributed by atoms with Crippen molar-refractivity contribution in [3.05, 3.63) is 23.8 Å². The summed E-state index contributed by atoms with van der Waals surface area (Å²) in [4.78, 5) is 12.1. The molecule has 21 heavy (non-hydrogen) atoms. The molecule has 1 aliphatic rings. The molecule has 7 heteroatoms. The summed E-state index contributed by atoms with van der Waals surface area (Å²) < 4.78 is 28.3. The van der Waals surface area contributed by atoms with Crippen LogP contribution in [0, 0.1) is 6.92 Å². The summed E-state index contributed by atoms with van der Waals surface area (Å²) in [6, 6.07) is 5.17. The Labute approximate surface area is 124 Å². The first kappa shape index (κ1) is 15.8. The minimum atomic E-state index is -3.04. The van der Waals surface area contributed by atoms with E-state index in [1.165, 1.54) is 7.11 Å². The van der Waals surface area contributed by atoms with Gasteiger partial charge in [-0.25, -0.2) is 8.42 Å². The van der Waals surface area contributed by atoms with Crippen molar-refractivity contribution in [2.75, 3.05) is 30.5 Å². The molecule has 1 aromatic carbocycles. The molecule has 1 aliphatic heterocycles. The smallest absolute Gasteiger partial charge is 0.226 e. The topological polar surface area (TPSA) is 84.5 Å². The second kappa shape index (κ2) is 6.44. The number of nitrogens with one attached hydrogen (secondary N) is 2. The van der Waals surface area contributed by atoms with Gasteiger partial charge in [0.1, 0.15) is 5.75 Å². The van der Waals surface area contributed by atoms with E-state index in [-0.39, 0.29) is 29.9 Å². The van der Waals surface area contributed by atoms with Gasteiger partial charge in [-0.15, -0.1) is 0 Å². The molecule has 0 saturated carbocycles. The van der Waals surface area contributed by atoms with Crippen LogP contribution in [0.2, 0.25) is 0 Å². The van der Waals surface area contributed by atoms with Crippen LogP contribution in [-0.2, 0) is 14.6 Å². The minimum Gasteiger partial charge on any atom is -0.495 e. The van der Waals surface area contributed by atoms with Crippen LogP contribution in [0.25, 0.3) is 0 Å². The quantitative estimate of drug-likeness (QED) is 0.856. The molecule has 116 valence electrons. The summed E-state index contributed by atoms with van der Waals surface area (Å²) in [7, 11) is -1.50. The number of carbonyl (C=O) groups is 1. The SMILES string of the molecule is COc1ccc(C)cc1NC(=O)CC1CS(=O)(=O)CCN1. The lowest BCUT2D eigenvalue weighted by molar-refractivity contribution is -0.116. The Bertz CT molecular complexity index is 628. The van der Waals surface area contributed by atoms with E-state index in [1.54, 1.807) is 6.07 Å². The lowest BCUT2D eigenvalue weighted by atomic mass is 10.2. The van der Waals surface area contributed by atoms with Crippen molar-refractivity contribution in [2.45, 2.75) is 19.4 Å². The molecule has 2 rings (SSSR count). The third kappa shape index (κ3) is 4.44. The molecule has 6 nitrogen and oxygen atoms in total. The van der Waals surface area contributed by atoms with E-state index in [9.17, 15) is 13.2 Å². The molecule has 1 fully saturated rings. The van der Waals surface area contributed by atoms with E-state index >= 15 is 0 Å². The fourth-order valence-corrected chi connectivity index (χ4v) is 3.79. The van der Waals surface area contributed by atoms with Gasteiger partial charge in [0.2, 0.25) is 5.91 Å². The number of amides is 1. The maximum atomic E-state index is 12.1. The van der Waals surface area contributed by atoms with Crippen LogP contribution in [0.4, 0.5) is 5.69 Å². The summed E-state index contributed by atoms with van der Waals surface area (Å²) in [5.41, 5.74) is 1.60. The molecule has 2 N–H and O–H groups in total. The van der Waals surface area contributed by atoms with Gasteiger partial charge in [-0.3, -0.25) is 4.79 Å². The number of sulfone groups is 1. The van der Waals surface area contributed by atoms with Gasteiger partial charge in [0.05, 0.1) is 24.3 Å². The zero-order valence-electron chi connectivity index (χ0n) is 12.2. The summed E-state index contributed by atoms with van der Waals surface area (Å²) in [6.45, 7) is 2.32. The second-order valence-corrected chi connectivity index (χ2v) is 7.45. The van der Waals surface area contributed by atoms with E-state index < -0.39 is 9.84 Å². The zero-order chi connectivity index (χ0) is 15.5. The monoisotopic (exact) mass is 312 g/mol. The number of ether oxygens (including phenoxy) is 1. The van der Waals surface area contributed by atoms with Crippen LogP contribution < -0.4 is 15.4 Å². The van der Waals surface area contributed by atoms with E-state index in [1.807, 2.05) is 19.1 Å². The van der Waals surface area contributed by atoms with Crippen molar-refractivity contribution in [3.63, 3.8) is 0 Å². The Kier molecular flexibility index (Phi) is 4.84. The highest BCUT2D eigenvalue weighted by molar-refractivity contribution is 7.91. The Hall–Kier alpha value is -1.60. The average molecular weight is 312 g/mol. The fraction of sp³-hybridized carbons (Fsp3) is 0.500. The maximum Gasteiger partial charge on any atom is 0.226 e. The van der Waals surface area contributed by atoms with Gasteiger partial charge < -0.3 is 15.4 Å². The maximum absolute atomic E-state index is 12.1. The predicted molar refractivity (Wildman–Crippen MR) is 81.4 cm³/mol. The number of methoxy groups -OCH3 is 1. The number of carbonyl (C=O) groups excluding carboxylic acids is 1. The van der Waals surface area contributed by atoms with Gasteiger partial charge in [-0.05, 0) is 24.6 Å². The Morgan fingerprint density at radius 3 is 2.90 bits per heavy atom. The molecule has 1 saturated heterocycles. The van der Waals surface area contributed by atoms with Gasteiger partial charge in [0, 0.05) is 19.0 Å². The molecule has 0 spiro atoms. The molecule has 0 bridgehead atoms. The highest BCUT2D eigenvalue weighted by Crippen LogP contribution is 2.25. The van der Waals surface area contributed by atoms with Gasteiger partial charge in [0.15, 0.2) is 9.84 Å². The van der Waals surface area contributed by atoms with Crippen molar-refractivity contribution >= 4 is 21.4 Å². The molecule has 0 radical (unpaired) electrons. The number of rotatable bonds is 4. The van der Waals surface area contributed by atoms with Gasteiger partial charge in [-0.2, -0.15) is 0 Å². The summed E-state index contributed by atoms with van der Waals surface area (Å²) in [5, 5.41) is 5.84. The van der Waals surface area contributed by atoms with Gasteiger partial charge in [0.25, 0.3) is 0 Å². The van der Waals surface area contributed by atoms with E-state index in [0.29, 0.717) is 18.0 Å². The third-order valence-electron chi connectivity index (χ3n) is 3.36. The fourth-order valence-electron chi connectivity index (χ4n) is 2.34. The molecular formula is C14H20N2O4S. The van der Waals surface area contributed by atoms with Crippen molar-refractivity contribution in [3.8, 4) is 5.75 Å². The van der Waals surface area contributed by atoms with Crippen LogP contribution in [0.5, 0.6) is 5.75 Å². The van der Waals surface area contributed by atoms with Crippen molar-refractivity contribution < 1.29 is 17.9 Å². The first-order valence-corrected chi connectivity index (χ1v) is 8.60. The zero-order valence-corrected chi connectivity index (χ0v) is 13.0. The van der Waals surface area contributed by atoms with E-state index in [4.69, 9.17) is 4.74 Å². The normalized spacial score (nSPS) is 20.8. The second-order valence-electron chi connectivity index (χ2n) is 5.22. The van der Waals surface area contributed by atoms with Crippen LogP contribution in [-0.4, -0.2) is 45.5 Å². The van der Waals surface area contributed by atoms with Gasteiger partial charge in [-0.1, -0.05) is 6.07 Å². The van der Waals surface area contributed by atoms with E-state index in [0.717, 1.165) is 5.56 Å². The summed E-state index contributed by atoms with van der Waals surface area (Å²) in [5.74, 6) is 0.494. The highest BCUT2D eigenvalue weighted by Gasteiger charge is 2.26. The summed E-state index contributed by atoms with van der Waals surface area (Å²) >= 11 is 0. The van der Waals surface area contributed by atoms with Gasteiger partial charge >= 0.3 is 0 Å². The van der Waals surface area contributed by atoms with Crippen LogP contribution in [0.3, 0.4) is 0 Å². The first-order chi connectivity index (χ1) is 9.89. The number of hydrogen-bond acceptors (Lipinski definition) is 5. The van der Waals surface area contributed by atoms with Crippen LogP contribution >= 0.6 is 0 Å². The Morgan fingerprint density at radius 2 is 2.24 bits per heavy atom. The lowest BCUT2D eigenvalue weighted by Gasteiger charge is -2.23. The molecule has 0 aliphatic carbocycles. The number of hydrogen-bond donors (Lipinski definition) is 2. The van der Waals surface area contributed by atoms with Crippen molar-refractivity contribution in [1.82, 2.24) is 5.32 Å². The molecule has 1 amide bonds. The number of anilines is 1. The largest absolute Gasteiger partial charge is 0.495 e. The highest BCUT2D eigenvalue weighted by atomic mass is 32.2. The molecule has 1 heterocycles. The molecule has 1 unspecified atom stereocenters. The third-order valence-corrected chi connectivity index (χ3v) is 5.10. The van der Waals surface area contributed by atoms with Crippen molar-refractivity contribution in [1.29, 1.82) is 0 Å². The van der Waals surface area contributed by atoms with E-state index in [2.05, 4.69) is 10.6 Å². The van der Waals surface area contributed by atoms with Crippen LogP contribution in [0.15, 0.2) is 18.2 Å². The Balaban J connectivity index is 2.00. The average Bonchev–Trinajstić information content (AvgIpc) is 2.37. The standard InChI is InChI=1S/C14H20N2O4S/c1-10-3-4-13(20-2)12(7-10)16-14(17)8-11-9-21(18,19)6-5-15-11/h3-4,7,11,15H,5-6,8-9H2,1-2H3,(H,16,17). The first-order valence-electron chi connectivity index (χ1n) is 6.78. The molecule has 1 aromatic rings. The molecule has 0 aromatic heterocycles. The minimum absolute atomic E-state index is 0.00533. The Morgan fingerprint density at radius 1 is 1.48 bits per heavy atom. The lowest BCUT2D eigenvalue weighted by Crippen LogP contribution is -2.46. The molecule has 1 atom stereocenters. The molecular weight excluding hydrogens is 292 g/mol. The number of benzene rings is 1.